The van der Waals surface area contributed by atoms with Crippen LogP contribution >= 0.6 is 11.3 Å². The number of anilines is 1. The molecule has 0 fully saturated rings. The van der Waals surface area contributed by atoms with Crippen molar-refractivity contribution >= 4 is 39.8 Å². The summed E-state index contributed by atoms with van der Waals surface area (Å²) in [4.78, 5) is 29.5. The van der Waals surface area contributed by atoms with Crippen LogP contribution in [0, 0.1) is 5.82 Å². The number of aromatic amines is 1. The largest absolute Gasteiger partial charge is 0.366 e. The lowest BCUT2D eigenvalue weighted by Crippen LogP contribution is -2.26. The molecule has 1 aliphatic heterocycles. The predicted molar refractivity (Wildman–Crippen MR) is 125 cm³/mol. The highest BCUT2D eigenvalue weighted by Crippen LogP contribution is 2.52. The van der Waals surface area contributed by atoms with Crippen LogP contribution in [-0.2, 0) is 16.8 Å². The lowest BCUT2D eigenvalue weighted by molar-refractivity contribution is 0.100. The molecule has 1 amide bonds. The van der Waals surface area contributed by atoms with Gasteiger partial charge in [0, 0.05) is 45.9 Å². The van der Waals surface area contributed by atoms with Gasteiger partial charge in [-0.15, -0.1) is 0 Å². The van der Waals surface area contributed by atoms with Gasteiger partial charge in [-0.1, -0.05) is 0 Å². The fourth-order valence-corrected chi connectivity index (χ4v) is 5.32. The highest BCUT2D eigenvalue weighted by atomic mass is 32.1. The molecule has 160 valence electrons. The summed E-state index contributed by atoms with van der Waals surface area (Å²) in [6, 6.07) is 10.00. The second-order valence-electron chi connectivity index (χ2n) is 8.47. The molecular formula is C25H20FN3O2S. The number of nitrogens with two attached hydrogens (primary N) is 1. The Bertz CT molecular complexity index is 1430. The third-order valence-electron chi connectivity index (χ3n) is 6.13. The molecule has 5 rings (SSSR count). The van der Waals surface area contributed by atoms with E-state index in [0.717, 1.165) is 33.5 Å². The van der Waals surface area contributed by atoms with Crippen LogP contribution in [0.2, 0.25) is 0 Å². The monoisotopic (exact) mass is 445 g/mol. The number of halogens is 1. The Morgan fingerprint density at radius 2 is 2.03 bits per heavy atom. The molecule has 5 nitrogen and oxygen atoms in total. The van der Waals surface area contributed by atoms with E-state index >= 15 is 0 Å². The number of allylic oxidation sites excluding steroid dienone is 1. The summed E-state index contributed by atoms with van der Waals surface area (Å²) in [6.07, 6.45) is 1.80. The van der Waals surface area contributed by atoms with Gasteiger partial charge in [0.05, 0.1) is 0 Å². The number of nitrogens with zero attached hydrogens (tertiary/aromatic N) is 1. The van der Waals surface area contributed by atoms with Gasteiger partial charge >= 0.3 is 0 Å². The summed E-state index contributed by atoms with van der Waals surface area (Å²) in [6.45, 7) is 4.39. The second kappa shape index (κ2) is 7.19. The number of carbonyl (C=O) groups excluding carboxylic acids is 2. The number of carbonyl (C=O) groups is 1. The molecule has 4 aromatic rings. The number of rotatable bonds is 4. The Hall–Kier alpha value is -3.67. The lowest BCUT2D eigenvalue weighted by Gasteiger charge is -2.23. The molecule has 32 heavy (non-hydrogen) atoms. The quantitative estimate of drug-likeness (QED) is 0.427. The number of fused-ring (bicyclic) bond motifs is 2. The molecule has 2 aromatic heterocycles. The molecule has 1 aliphatic rings. The highest BCUT2D eigenvalue weighted by Gasteiger charge is 2.44. The minimum Gasteiger partial charge on any atom is -0.366 e. The minimum absolute atomic E-state index is 0.322. The summed E-state index contributed by atoms with van der Waals surface area (Å²) in [5.74, 6) is 1.22. The number of primary amides is 1. The maximum absolute atomic E-state index is 14.1. The number of hydrogen-bond acceptors (Lipinski definition) is 4. The smallest absolute Gasteiger partial charge is 0.248 e. The van der Waals surface area contributed by atoms with Gasteiger partial charge in [0.2, 0.25) is 5.91 Å². The number of thiophene rings is 1. The highest BCUT2D eigenvalue weighted by molar-refractivity contribution is 7.07. The number of amides is 1. The Labute approximate surface area is 188 Å². The van der Waals surface area contributed by atoms with Gasteiger partial charge in [-0.25, -0.2) is 9.18 Å². The first-order valence-corrected chi connectivity index (χ1v) is 11.0. The summed E-state index contributed by atoms with van der Waals surface area (Å²) >= 11 is 1.58. The molecule has 0 radical (unpaired) electrons. The van der Waals surface area contributed by atoms with E-state index in [1.807, 2.05) is 35.6 Å². The van der Waals surface area contributed by atoms with Crippen LogP contribution in [0.4, 0.5) is 10.1 Å². The van der Waals surface area contributed by atoms with Crippen LogP contribution < -0.4 is 10.6 Å². The standard InChI is InChI=1S/C25H20FN3O2S/c1-25(2)22(12-30)29(11-14-5-6-32-13-14)21-8-15(24(27)31)7-18(23(21)25)19-10-28-20-4-3-16(26)9-17(19)20/h3-10,13,28H,11H2,1-2H3,(H2,27,31). The van der Waals surface area contributed by atoms with E-state index in [0.29, 0.717) is 23.2 Å². The number of aromatic nitrogens is 1. The predicted octanol–water partition coefficient (Wildman–Crippen LogP) is 5.15. The summed E-state index contributed by atoms with van der Waals surface area (Å²) in [5.41, 5.74) is 10.7. The minimum atomic E-state index is -0.685. The van der Waals surface area contributed by atoms with E-state index < -0.39 is 11.3 Å². The summed E-state index contributed by atoms with van der Waals surface area (Å²) in [7, 11) is 0. The van der Waals surface area contributed by atoms with Crippen molar-refractivity contribution in [2.24, 2.45) is 5.73 Å². The van der Waals surface area contributed by atoms with Gasteiger partial charge in [0.15, 0.2) is 0 Å². The Morgan fingerprint density at radius 3 is 2.72 bits per heavy atom. The number of H-pyrrole nitrogens is 1. The third kappa shape index (κ3) is 2.98. The molecule has 0 spiro atoms. The zero-order valence-corrected chi connectivity index (χ0v) is 18.3. The van der Waals surface area contributed by atoms with Gasteiger partial charge in [-0.2, -0.15) is 11.3 Å². The fraction of sp³-hybridized carbons (Fsp3) is 0.160. The van der Waals surface area contributed by atoms with Crippen LogP contribution in [0.1, 0.15) is 35.3 Å². The summed E-state index contributed by atoms with van der Waals surface area (Å²) < 4.78 is 14.1. The Morgan fingerprint density at radius 1 is 1.22 bits per heavy atom. The SMILES string of the molecule is CC1(C)C(=C=O)N(Cc2ccsc2)c2cc(C(N)=O)cc(-c3c[nH]c4ccc(F)cc34)c21. The van der Waals surface area contributed by atoms with E-state index in [9.17, 15) is 14.0 Å². The first-order valence-electron chi connectivity index (χ1n) is 10.1. The average Bonchev–Trinajstić information content (AvgIpc) is 3.45. The number of hydrogen-bond donors (Lipinski definition) is 2. The van der Waals surface area contributed by atoms with Crippen LogP contribution in [0.5, 0.6) is 0 Å². The van der Waals surface area contributed by atoms with Crippen molar-refractivity contribution < 1.29 is 14.0 Å². The Balaban J connectivity index is 1.83. The Kier molecular flexibility index (Phi) is 4.55. The molecule has 3 N–H and O–H groups in total. The van der Waals surface area contributed by atoms with Crippen molar-refractivity contribution in [1.82, 2.24) is 4.98 Å². The average molecular weight is 446 g/mol. The van der Waals surface area contributed by atoms with Crippen molar-refractivity contribution in [1.29, 1.82) is 0 Å². The molecule has 0 unspecified atom stereocenters. The van der Waals surface area contributed by atoms with Crippen molar-refractivity contribution in [2.45, 2.75) is 25.8 Å². The molecule has 7 heteroatoms. The molecule has 0 aliphatic carbocycles. The second-order valence-corrected chi connectivity index (χ2v) is 9.25. The molecule has 0 atom stereocenters. The van der Waals surface area contributed by atoms with Gasteiger partial charge < -0.3 is 15.6 Å². The van der Waals surface area contributed by atoms with E-state index in [1.54, 1.807) is 35.7 Å². The van der Waals surface area contributed by atoms with Gasteiger partial charge in [0.1, 0.15) is 17.5 Å². The van der Waals surface area contributed by atoms with E-state index in [1.165, 1.54) is 12.1 Å². The van der Waals surface area contributed by atoms with Crippen molar-refractivity contribution in [2.75, 3.05) is 4.90 Å². The third-order valence-corrected chi connectivity index (χ3v) is 6.86. The van der Waals surface area contributed by atoms with Crippen LogP contribution in [0.3, 0.4) is 0 Å². The van der Waals surface area contributed by atoms with Crippen molar-refractivity contribution in [3.05, 3.63) is 81.6 Å². The van der Waals surface area contributed by atoms with Crippen LogP contribution in [0.15, 0.2) is 59.1 Å². The zero-order valence-electron chi connectivity index (χ0n) is 17.5. The van der Waals surface area contributed by atoms with Gasteiger partial charge in [-0.05, 0) is 77.7 Å². The van der Waals surface area contributed by atoms with Crippen molar-refractivity contribution in [3.63, 3.8) is 0 Å². The molecule has 0 bridgehead atoms. The van der Waals surface area contributed by atoms with Crippen LogP contribution in [0.25, 0.3) is 22.0 Å². The van der Waals surface area contributed by atoms with Gasteiger partial charge in [0.25, 0.3) is 0 Å². The molecule has 2 aromatic carbocycles. The zero-order chi connectivity index (χ0) is 22.6. The normalized spacial score (nSPS) is 14.6. The van der Waals surface area contributed by atoms with E-state index in [4.69, 9.17) is 5.73 Å². The van der Waals surface area contributed by atoms with E-state index in [-0.39, 0.29) is 5.82 Å². The number of nitrogens with one attached hydrogen (secondary N) is 1. The topological polar surface area (TPSA) is 79.2 Å². The maximum Gasteiger partial charge on any atom is 0.248 e. The molecule has 0 saturated carbocycles. The molecule has 3 heterocycles. The lowest BCUT2D eigenvalue weighted by atomic mass is 9.79. The molecule has 0 saturated heterocycles. The van der Waals surface area contributed by atoms with E-state index in [2.05, 4.69) is 10.9 Å². The summed E-state index contributed by atoms with van der Waals surface area (Å²) in [5, 5.41) is 4.69. The fourth-order valence-electron chi connectivity index (χ4n) is 4.66. The van der Waals surface area contributed by atoms with Gasteiger partial charge in [-0.3, -0.25) is 4.79 Å². The maximum atomic E-state index is 14.1. The molecular weight excluding hydrogens is 425 g/mol. The first kappa shape index (κ1) is 20.2. The van der Waals surface area contributed by atoms with Crippen LogP contribution in [-0.4, -0.2) is 16.8 Å². The number of benzene rings is 2. The van der Waals surface area contributed by atoms with Crippen molar-refractivity contribution in [3.8, 4) is 11.1 Å². The first-order chi connectivity index (χ1) is 15.3.